The molecule has 0 spiro atoms. The molecule has 2 N–H and O–H groups in total. The number of aryl methyl sites for hydroxylation is 1. The summed E-state index contributed by atoms with van der Waals surface area (Å²) < 4.78 is 0. The lowest BCUT2D eigenvalue weighted by Gasteiger charge is -2.34. The summed E-state index contributed by atoms with van der Waals surface area (Å²) in [6, 6.07) is 13.9. The normalized spacial score (nSPS) is 19.9. The van der Waals surface area contributed by atoms with Gasteiger partial charge in [0.05, 0.1) is 18.2 Å². The van der Waals surface area contributed by atoms with Gasteiger partial charge in [0.15, 0.2) is 0 Å². The van der Waals surface area contributed by atoms with E-state index in [0.29, 0.717) is 18.3 Å². The summed E-state index contributed by atoms with van der Waals surface area (Å²) in [5.74, 6) is 0.941. The number of aromatic nitrogens is 1. The Morgan fingerprint density at radius 3 is 2.55 bits per heavy atom. The third-order valence-electron chi connectivity index (χ3n) is 5.77. The minimum absolute atomic E-state index is 0.0295. The predicted octanol–water partition coefficient (Wildman–Crippen LogP) is 3.73. The van der Waals surface area contributed by atoms with Crippen molar-refractivity contribution < 1.29 is 9.59 Å². The summed E-state index contributed by atoms with van der Waals surface area (Å²) in [6.45, 7) is 4.35. The third-order valence-corrected chi connectivity index (χ3v) is 5.77. The summed E-state index contributed by atoms with van der Waals surface area (Å²) in [7, 11) is 0. The number of rotatable bonds is 7. The van der Waals surface area contributed by atoms with E-state index >= 15 is 0 Å². The molecular formula is C24H31N3O2. The van der Waals surface area contributed by atoms with Crippen molar-refractivity contribution in [2.75, 3.05) is 6.54 Å². The second-order valence-electron chi connectivity index (χ2n) is 8.18. The number of benzene rings is 1. The SMILES string of the molecule is CC(=O)NCC1CCC([C@@H](NC(=O)Cc2cccc(C)c2)c2ccccn2)CC1. The average molecular weight is 394 g/mol. The lowest BCUT2D eigenvalue weighted by atomic mass is 9.77. The number of carbonyl (C=O) groups is 2. The van der Waals surface area contributed by atoms with E-state index in [4.69, 9.17) is 0 Å². The molecule has 5 nitrogen and oxygen atoms in total. The van der Waals surface area contributed by atoms with Gasteiger partial charge >= 0.3 is 0 Å². The van der Waals surface area contributed by atoms with E-state index < -0.39 is 0 Å². The Hall–Kier alpha value is -2.69. The first-order chi connectivity index (χ1) is 14.0. The molecule has 154 valence electrons. The number of hydrogen-bond acceptors (Lipinski definition) is 3. The number of nitrogens with zero attached hydrogens (tertiary/aromatic N) is 1. The Balaban J connectivity index is 1.64. The van der Waals surface area contributed by atoms with E-state index in [9.17, 15) is 9.59 Å². The van der Waals surface area contributed by atoms with Gasteiger partial charge in [-0.25, -0.2) is 0 Å². The highest BCUT2D eigenvalue weighted by atomic mass is 16.2. The molecule has 1 saturated carbocycles. The van der Waals surface area contributed by atoms with Crippen LogP contribution in [0.5, 0.6) is 0 Å². The van der Waals surface area contributed by atoms with Gasteiger partial charge in [0.25, 0.3) is 0 Å². The molecule has 0 aliphatic heterocycles. The number of pyridine rings is 1. The Bertz CT molecular complexity index is 814. The molecule has 1 aliphatic carbocycles. The minimum Gasteiger partial charge on any atom is -0.356 e. The van der Waals surface area contributed by atoms with Crippen molar-refractivity contribution in [3.8, 4) is 0 Å². The van der Waals surface area contributed by atoms with Crippen LogP contribution < -0.4 is 10.6 Å². The molecule has 5 heteroatoms. The van der Waals surface area contributed by atoms with Gasteiger partial charge < -0.3 is 10.6 Å². The number of amides is 2. The van der Waals surface area contributed by atoms with Gasteiger partial charge in [0.2, 0.25) is 11.8 Å². The second kappa shape index (κ2) is 10.2. The topological polar surface area (TPSA) is 71.1 Å². The number of nitrogens with one attached hydrogen (secondary N) is 2. The Kier molecular flexibility index (Phi) is 7.39. The van der Waals surface area contributed by atoms with Gasteiger partial charge in [-0.3, -0.25) is 14.6 Å². The van der Waals surface area contributed by atoms with Crippen molar-refractivity contribution >= 4 is 11.8 Å². The molecule has 1 aromatic heterocycles. The van der Waals surface area contributed by atoms with E-state index in [-0.39, 0.29) is 17.9 Å². The molecule has 0 bridgehead atoms. The zero-order valence-corrected chi connectivity index (χ0v) is 17.4. The average Bonchev–Trinajstić information content (AvgIpc) is 2.71. The molecule has 29 heavy (non-hydrogen) atoms. The second-order valence-corrected chi connectivity index (χ2v) is 8.18. The first-order valence-electron chi connectivity index (χ1n) is 10.5. The zero-order chi connectivity index (χ0) is 20.6. The summed E-state index contributed by atoms with van der Waals surface area (Å²) in [5.41, 5.74) is 3.12. The van der Waals surface area contributed by atoms with Crippen molar-refractivity contribution in [2.45, 2.75) is 52.0 Å². The van der Waals surface area contributed by atoms with E-state index in [1.165, 1.54) is 0 Å². The van der Waals surface area contributed by atoms with Crippen LogP contribution in [0.1, 0.15) is 55.5 Å². The van der Waals surface area contributed by atoms with Gasteiger partial charge in [-0.15, -0.1) is 0 Å². The first kappa shape index (κ1) is 21.0. The quantitative estimate of drug-likeness (QED) is 0.753. The van der Waals surface area contributed by atoms with Crippen LogP contribution in [-0.2, 0) is 16.0 Å². The Morgan fingerprint density at radius 2 is 1.90 bits per heavy atom. The van der Waals surface area contributed by atoms with Crippen molar-refractivity contribution in [1.82, 2.24) is 15.6 Å². The highest BCUT2D eigenvalue weighted by molar-refractivity contribution is 5.79. The molecule has 0 saturated heterocycles. The highest BCUT2D eigenvalue weighted by Gasteiger charge is 2.30. The van der Waals surface area contributed by atoms with Gasteiger partial charge in [0, 0.05) is 19.7 Å². The lowest BCUT2D eigenvalue weighted by molar-refractivity contribution is -0.122. The molecule has 3 rings (SSSR count). The smallest absolute Gasteiger partial charge is 0.224 e. The van der Waals surface area contributed by atoms with Gasteiger partial charge in [-0.2, -0.15) is 0 Å². The third kappa shape index (κ3) is 6.41. The number of carbonyl (C=O) groups excluding carboxylic acids is 2. The molecule has 0 unspecified atom stereocenters. The fourth-order valence-corrected chi connectivity index (χ4v) is 4.24. The van der Waals surface area contributed by atoms with Crippen molar-refractivity contribution in [3.05, 3.63) is 65.5 Å². The summed E-state index contributed by atoms with van der Waals surface area (Å²) >= 11 is 0. The van der Waals surface area contributed by atoms with Crippen LogP contribution >= 0.6 is 0 Å². The summed E-state index contributed by atoms with van der Waals surface area (Å²) in [6.07, 6.45) is 6.33. The van der Waals surface area contributed by atoms with Gasteiger partial charge in [0.1, 0.15) is 0 Å². The summed E-state index contributed by atoms with van der Waals surface area (Å²) in [5, 5.41) is 6.20. The van der Waals surface area contributed by atoms with E-state index in [1.807, 2.05) is 43.3 Å². The van der Waals surface area contributed by atoms with Crippen molar-refractivity contribution in [1.29, 1.82) is 0 Å². The van der Waals surface area contributed by atoms with E-state index in [1.54, 1.807) is 13.1 Å². The van der Waals surface area contributed by atoms with Crippen molar-refractivity contribution in [2.24, 2.45) is 11.8 Å². The van der Waals surface area contributed by atoms with E-state index in [0.717, 1.165) is 49.0 Å². The zero-order valence-electron chi connectivity index (χ0n) is 17.4. The fraction of sp³-hybridized carbons (Fsp3) is 0.458. The summed E-state index contributed by atoms with van der Waals surface area (Å²) in [4.78, 5) is 28.5. The Morgan fingerprint density at radius 1 is 1.10 bits per heavy atom. The fourth-order valence-electron chi connectivity index (χ4n) is 4.24. The van der Waals surface area contributed by atoms with Crippen LogP contribution in [0.15, 0.2) is 48.7 Å². The van der Waals surface area contributed by atoms with Crippen molar-refractivity contribution in [3.63, 3.8) is 0 Å². The molecule has 2 amide bonds. The molecule has 1 atom stereocenters. The standard InChI is InChI=1S/C24H31N3O2/c1-17-6-5-7-20(14-17)15-23(29)27-24(22-8-3-4-13-25-22)21-11-9-19(10-12-21)16-26-18(2)28/h3-8,13-14,19,21,24H,9-12,15-16H2,1-2H3,(H,26,28)(H,27,29)/t19?,21?,24-/m1/s1. The minimum atomic E-state index is -0.0739. The molecule has 1 heterocycles. The number of hydrogen-bond donors (Lipinski definition) is 2. The molecule has 2 aromatic rings. The van der Waals surface area contributed by atoms with Crippen LogP contribution in [0.25, 0.3) is 0 Å². The van der Waals surface area contributed by atoms with Crippen LogP contribution in [-0.4, -0.2) is 23.3 Å². The van der Waals surface area contributed by atoms with Crippen LogP contribution in [0, 0.1) is 18.8 Å². The maximum atomic E-state index is 12.8. The largest absolute Gasteiger partial charge is 0.356 e. The van der Waals surface area contributed by atoms with Crippen LogP contribution in [0.2, 0.25) is 0 Å². The van der Waals surface area contributed by atoms with Crippen LogP contribution in [0.4, 0.5) is 0 Å². The predicted molar refractivity (Wildman–Crippen MR) is 114 cm³/mol. The molecule has 1 aliphatic rings. The lowest BCUT2D eigenvalue weighted by Crippen LogP contribution is -2.37. The highest BCUT2D eigenvalue weighted by Crippen LogP contribution is 2.36. The maximum Gasteiger partial charge on any atom is 0.224 e. The van der Waals surface area contributed by atoms with Gasteiger partial charge in [-0.05, 0) is 62.1 Å². The van der Waals surface area contributed by atoms with E-state index in [2.05, 4.69) is 21.7 Å². The molecule has 0 radical (unpaired) electrons. The van der Waals surface area contributed by atoms with Gasteiger partial charge in [-0.1, -0.05) is 35.9 Å². The molecule has 1 aromatic carbocycles. The first-order valence-corrected chi connectivity index (χ1v) is 10.5. The molecule has 1 fully saturated rings. The Labute approximate surface area is 173 Å². The van der Waals surface area contributed by atoms with Crippen LogP contribution in [0.3, 0.4) is 0 Å². The molecular weight excluding hydrogens is 362 g/mol. The maximum absolute atomic E-state index is 12.8. The monoisotopic (exact) mass is 393 g/mol.